The highest BCUT2D eigenvalue weighted by Gasteiger charge is 2.15. The lowest BCUT2D eigenvalue weighted by Crippen LogP contribution is -2.25. The number of aryl methyl sites for hydroxylation is 2. The van der Waals surface area contributed by atoms with Crippen LogP contribution in [0.3, 0.4) is 0 Å². The summed E-state index contributed by atoms with van der Waals surface area (Å²) in [6, 6.07) is 9.20. The number of aromatic nitrogens is 4. The number of aromatic amines is 2. The molecule has 0 unspecified atom stereocenters. The van der Waals surface area contributed by atoms with Crippen LogP contribution in [-0.2, 0) is 6.54 Å². The van der Waals surface area contributed by atoms with Crippen molar-refractivity contribution in [3.63, 3.8) is 0 Å². The van der Waals surface area contributed by atoms with Gasteiger partial charge in [-0.2, -0.15) is 5.10 Å². The van der Waals surface area contributed by atoms with Gasteiger partial charge in [-0.15, -0.1) is 0 Å². The van der Waals surface area contributed by atoms with Crippen LogP contribution in [0.15, 0.2) is 41.3 Å². The third kappa shape index (κ3) is 3.40. The van der Waals surface area contributed by atoms with Crippen molar-refractivity contribution in [3.8, 4) is 11.3 Å². The third-order valence-corrected chi connectivity index (χ3v) is 3.53. The zero-order chi connectivity index (χ0) is 17.1. The first-order valence-corrected chi connectivity index (χ1v) is 7.48. The van der Waals surface area contributed by atoms with Gasteiger partial charge in [-0.3, -0.25) is 14.7 Å². The van der Waals surface area contributed by atoms with Crippen LogP contribution in [0.5, 0.6) is 0 Å². The number of carbonyl (C=O) groups excluding carboxylic acids is 1. The van der Waals surface area contributed by atoms with Crippen molar-refractivity contribution in [1.29, 1.82) is 0 Å². The molecule has 3 rings (SSSR count). The fraction of sp³-hybridized carbons (Fsp3) is 0.176. The molecule has 0 aliphatic carbocycles. The minimum absolute atomic E-state index is 0.133. The molecule has 0 saturated heterocycles. The Morgan fingerprint density at radius 2 is 2.08 bits per heavy atom. The Morgan fingerprint density at radius 3 is 2.83 bits per heavy atom. The maximum absolute atomic E-state index is 12.4. The van der Waals surface area contributed by atoms with E-state index in [0.717, 1.165) is 11.1 Å². The summed E-state index contributed by atoms with van der Waals surface area (Å²) in [5.74, 6) is 0.123. The van der Waals surface area contributed by atoms with Gasteiger partial charge in [0.05, 0.1) is 24.0 Å². The van der Waals surface area contributed by atoms with Crippen LogP contribution in [-0.4, -0.2) is 26.1 Å². The first-order chi connectivity index (χ1) is 11.5. The van der Waals surface area contributed by atoms with Crippen molar-refractivity contribution < 1.29 is 4.79 Å². The van der Waals surface area contributed by atoms with Crippen LogP contribution >= 0.6 is 0 Å². The summed E-state index contributed by atoms with van der Waals surface area (Å²) in [4.78, 5) is 30.7. The van der Waals surface area contributed by atoms with Crippen molar-refractivity contribution in [1.82, 2.24) is 25.5 Å². The van der Waals surface area contributed by atoms with Crippen LogP contribution in [0, 0.1) is 13.8 Å². The minimum atomic E-state index is -0.288. The minimum Gasteiger partial charge on any atom is -0.345 e. The van der Waals surface area contributed by atoms with Gasteiger partial charge in [0.1, 0.15) is 5.82 Å². The molecule has 0 saturated carbocycles. The number of nitrogens with one attached hydrogen (secondary N) is 3. The van der Waals surface area contributed by atoms with Gasteiger partial charge in [-0.05, 0) is 19.9 Å². The molecule has 24 heavy (non-hydrogen) atoms. The molecule has 3 N–H and O–H groups in total. The van der Waals surface area contributed by atoms with Crippen LogP contribution in [0.2, 0.25) is 0 Å². The van der Waals surface area contributed by atoms with Gasteiger partial charge < -0.3 is 10.3 Å². The quantitative estimate of drug-likeness (QED) is 0.680. The highest BCUT2D eigenvalue weighted by molar-refractivity contribution is 5.99. The number of carbonyl (C=O) groups is 1. The molecule has 1 aromatic carbocycles. The average Bonchev–Trinajstić information content (AvgIpc) is 3.01. The Balaban J connectivity index is 1.79. The highest BCUT2D eigenvalue weighted by Crippen LogP contribution is 2.21. The van der Waals surface area contributed by atoms with Gasteiger partial charge >= 0.3 is 0 Å². The molecule has 1 amide bonds. The van der Waals surface area contributed by atoms with E-state index in [2.05, 4.69) is 25.5 Å². The van der Waals surface area contributed by atoms with E-state index >= 15 is 0 Å². The first-order valence-electron chi connectivity index (χ1n) is 7.48. The number of rotatable bonds is 4. The second-order valence-corrected chi connectivity index (χ2v) is 5.54. The first kappa shape index (κ1) is 15.7. The zero-order valence-corrected chi connectivity index (χ0v) is 13.4. The molecule has 0 bridgehead atoms. The summed E-state index contributed by atoms with van der Waals surface area (Å²) in [5, 5.41) is 9.58. The molecule has 0 atom stereocenters. The molecule has 7 nitrogen and oxygen atoms in total. The van der Waals surface area contributed by atoms with E-state index in [4.69, 9.17) is 0 Å². The standard InChI is InChI=1S/C17H17N5O2/c1-10-4-3-5-12(6-10)16-13(8-19-22-16)17(24)18-9-14-20-11(2)7-15(23)21-14/h3-8H,9H2,1-2H3,(H,18,24)(H,19,22)(H,20,21,23). The van der Waals surface area contributed by atoms with Crippen LogP contribution in [0.1, 0.15) is 27.4 Å². The summed E-state index contributed by atoms with van der Waals surface area (Å²) in [6.45, 7) is 3.85. The monoisotopic (exact) mass is 323 g/mol. The van der Waals surface area contributed by atoms with Crippen LogP contribution in [0.25, 0.3) is 11.3 Å². The summed E-state index contributed by atoms with van der Waals surface area (Å²) >= 11 is 0. The van der Waals surface area contributed by atoms with Gasteiger partial charge in [-0.1, -0.05) is 23.8 Å². The van der Waals surface area contributed by atoms with E-state index in [9.17, 15) is 9.59 Å². The van der Waals surface area contributed by atoms with E-state index in [1.54, 1.807) is 6.92 Å². The third-order valence-electron chi connectivity index (χ3n) is 3.53. The normalized spacial score (nSPS) is 10.6. The van der Waals surface area contributed by atoms with Gasteiger partial charge in [0.15, 0.2) is 0 Å². The molecule has 3 aromatic rings. The Hall–Kier alpha value is -3.22. The second kappa shape index (κ2) is 6.49. The van der Waals surface area contributed by atoms with E-state index in [1.165, 1.54) is 12.3 Å². The smallest absolute Gasteiger partial charge is 0.255 e. The van der Waals surface area contributed by atoms with Crippen molar-refractivity contribution in [2.24, 2.45) is 0 Å². The topological polar surface area (TPSA) is 104 Å². The molecule has 7 heteroatoms. The predicted molar refractivity (Wildman–Crippen MR) is 89.5 cm³/mol. The molecule has 0 radical (unpaired) electrons. The number of benzene rings is 1. The SMILES string of the molecule is Cc1cccc(-c2[nH]ncc2C(=O)NCc2nc(C)cc(=O)[nH]2)c1. The lowest BCUT2D eigenvalue weighted by Gasteiger charge is -2.06. The molecule has 122 valence electrons. The van der Waals surface area contributed by atoms with Crippen molar-refractivity contribution in [2.75, 3.05) is 0 Å². The molecular weight excluding hydrogens is 306 g/mol. The fourth-order valence-electron chi connectivity index (χ4n) is 2.46. The second-order valence-electron chi connectivity index (χ2n) is 5.54. The number of hydrogen-bond acceptors (Lipinski definition) is 4. The molecule has 0 aliphatic rings. The van der Waals surface area contributed by atoms with Crippen LogP contribution < -0.4 is 10.9 Å². The van der Waals surface area contributed by atoms with Gasteiger partial charge in [0.25, 0.3) is 11.5 Å². The van der Waals surface area contributed by atoms with Gasteiger partial charge in [-0.25, -0.2) is 4.98 Å². The van der Waals surface area contributed by atoms with Gasteiger partial charge in [0.2, 0.25) is 0 Å². The Morgan fingerprint density at radius 1 is 1.25 bits per heavy atom. The summed E-state index contributed by atoms with van der Waals surface area (Å²) in [5.41, 5.74) is 3.44. The molecule has 0 spiro atoms. The lowest BCUT2D eigenvalue weighted by atomic mass is 10.1. The van der Waals surface area contributed by atoms with Crippen LogP contribution in [0.4, 0.5) is 0 Å². The summed E-state index contributed by atoms with van der Waals surface area (Å²) in [7, 11) is 0. The Labute approximate surface area is 138 Å². The molecular formula is C17H17N5O2. The van der Waals surface area contributed by atoms with Crippen molar-refractivity contribution in [3.05, 3.63) is 69.5 Å². The Kier molecular flexibility index (Phi) is 4.24. The molecule has 0 aliphatic heterocycles. The van der Waals surface area contributed by atoms with Crippen molar-refractivity contribution in [2.45, 2.75) is 20.4 Å². The zero-order valence-electron chi connectivity index (χ0n) is 13.4. The number of hydrogen-bond donors (Lipinski definition) is 3. The Bertz CT molecular complexity index is 942. The van der Waals surface area contributed by atoms with Crippen molar-refractivity contribution >= 4 is 5.91 Å². The van der Waals surface area contributed by atoms with E-state index in [-0.39, 0.29) is 18.0 Å². The predicted octanol–water partition coefficient (Wildman–Crippen LogP) is 1.71. The highest BCUT2D eigenvalue weighted by atomic mass is 16.1. The summed E-state index contributed by atoms with van der Waals surface area (Å²) in [6.07, 6.45) is 1.49. The fourth-order valence-corrected chi connectivity index (χ4v) is 2.46. The van der Waals surface area contributed by atoms with Gasteiger partial charge in [0, 0.05) is 17.3 Å². The van der Waals surface area contributed by atoms with E-state index in [1.807, 2.05) is 31.2 Å². The maximum Gasteiger partial charge on any atom is 0.255 e. The maximum atomic E-state index is 12.4. The average molecular weight is 323 g/mol. The number of H-pyrrole nitrogens is 2. The molecule has 2 aromatic heterocycles. The lowest BCUT2D eigenvalue weighted by molar-refractivity contribution is 0.0950. The number of nitrogens with zero attached hydrogens (tertiary/aromatic N) is 2. The van der Waals surface area contributed by atoms with E-state index in [0.29, 0.717) is 22.8 Å². The largest absolute Gasteiger partial charge is 0.345 e. The summed E-state index contributed by atoms with van der Waals surface area (Å²) < 4.78 is 0. The molecule has 0 fully saturated rings. The number of amides is 1. The van der Waals surface area contributed by atoms with E-state index < -0.39 is 0 Å². The molecule has 2 heterocycles.